The van der Waals surface area contributed by atoms with Gasteiger partial charge in [-0.15, -0.1) is 0 Å². The summed E-state index contributed by atoms with van der Waals surface area (Å²) in [5.41, 5.74) is -0.570. The molecule has 0 amide bonds. The van der Waals surface area contributed by atoms with Crippen molar-refractivity contribution in [3.8, 4) is 11.9 Å². The molecule has 6 nitrogen and oxygen atoms in total. The summed E-state index contributed by atoms with van der Waals surface area (Å²) in [4.78, 5) is 6.79. The Kier molecular flexibility index (Phi) is 3.63. The number of aliphatic hydroxyl groups is 2. The van der Waals surface area contributed by atoms with Crippen LogP contribution in [0.15, 0.2) is 17.7 Å². The number of hydrogen-bond donors (Lipinski definition) is 4. The molecule has 3 atom stereocenters. The maximum Gasteiger partial charge on any atom is 0.317 e. The third-order valence-corrected chi connectivity index (χ3v) is 3.21. The molecular formula is C11H12F2N2O4. The lowest BCUT2D eigenvalue weighted by molar-refractivity contribution is 0.108. The van der Waals surface area contributed by atoms with E-state index in [1.165, 1.54) is 0 Å². The van der Waals surface area contributed by atoms with Gasteiger partial charge in [0.2, 0.25) is 5.88 Å². The smallest absolute Gasteiger partial charge is 0.317 e. The molecule has 1 saturated carbocycles. The SMILES string of the molecule is OC[C@H]1C[C@@H](c2cc(O)nc(O)n2)C(=C(F)F)[C@@H]1O. The van der Waals surface area contributed by atoms with Gasteiger partial charge in [-0.25, -0.2) is 0 Å². The lowest BCUT2D eigenvalue weighted by Gasteiger charge is -2.12. The van der Waals surface area contributed by atoms with Crippen molar-refractivity contribution in [1.29, 1.82) is 0 Å². The number of halogens is 2. The standard InChI is InChI=1S/C11H12F2N2O4/c12-10(13)8-5(1-4(3-16)9(8)18)6-2-7(17)15-11(19)14-6/h2,4-5,9,16,18H,1,3H2,(H2,14,15,17,19)/t4-,5+,9-/m1/s1. The molecule has 1 aliphatic rings. The minimum absolute atomic E-state index is 0.0252. The Hall–Kier alpha value is -1.80. The van der Waals surface area contributed by atoms with Crippen molar-refractivity contribution < 1.29 is 29.2 Å². The van der Waals surface area contributed by atoms with Crippen LogP contribution in [0.5, 0.6) is 11.9 Å². The first-order chi connectivity index (χ1) is 8.93. The number of aliphatic hydroxyl groups excluding tert-OH is 2. The van der Waals surface area contributed by atoms with Crippen LogP contribution < -0.4 is 0 Å². The van der Waals surface area contributed by atoms with Crippen LogP contribution in [0.1, 0.15) is 18.0 Å². The molecule has 1 heterocycles. The van der Waals surface area contributed by atoms with Crippen LogP contribution in [-0.2, 0) is 0 Å². The van der Waals surface area contributed by atoms with Crippen molar-refractivity contribution in [2.24, 2.45) is 5.92 Å². The molecule has 4 N–H and O–H groups in total. The van der Waals surface area contributed by atoms with Gasteiger partial charge in [-0.3, -0.25) is 0 Å². The van der Waals surface area contributed by atoms with Crippen molar-refractivity contribution in [2.75, 3.05) is 6.61 Å². The normalized spacial score (nSPS) is 26.7. The third-order valence-electron chi connectivity index (χ3n) is 3.21. The van der Waals surface area contributed by atoms with Crippen LogP contribution in [0, 0.1) is 5.92 Å². The lowest BCUT2D eigenvalue weighted by Crippen LogP contribution is -2.18. The predicted molar refractivity (Wildman–Crippen MR) is 58.5 cm³/mol. The van der Waals surface area contributed by atoms with Gasteiger partial charge in [-0.05, 0) is 6.42 Å². The van der Waals surface area contributed by atoms with E-state index in [4.69, 9.17) is 5.11 Å². The maximum absolute atomic E-state index is 12.9. The molecule has 19 heavy (non-hydrogen) atoms. The zero-order valence-electron chi connectivity index (χ0n) is 9.66. The van der Waals surface area contributed by atoms with E-state index in [-0.39, 0.29) is 12.1 Å². The van der Waals surface area contributed by atoms with E-state index in [0.29, 0.717) is 0 Å². The van der Waals surface area contributed by atoms with E-state index < -0.39 is 48.1 Å². The first-order valence-corrected chi connectivity index (χ1v) is 5.55. The van der Waals surface area contributed by atoms with Crippen molar-refractivity contribution >= 4 is 0 Å². The summed E-state index contributed by atoms with van der Waals surface area (Å²) in [6, 6.07) is 0.301. The van der Waals surface area contributed by atoms with Crippen molar-refractivity contribution in [3.63, 3.8) is 0 Å². The second-order valence-electron chi connectivity index (χ2n) is 4.34. The zero-order chi connectivity index (χ0) is 14.2. The molecule has 0 radical (unpaired) electrons. The number of aromatic hydroxyl groups is 2. The molecule has 104 valence electrons. The Morgan fingerprint density at radius 2 is 2.00 bits per heavy atom. The Morgan fingerprint density at radius 3 is 2.53 bits per heavy atom. The number of rotatable bonds is 2. The average Bonchev–Trinajstić information content (AvgIpc) is 2.65. The summed E-state index contributed by atoms with van der Waals surface area (Å²) in [7, 11) is 0. The van der Waals surface area contributed by atoms with Crippen molar-refractivity contribution in [2.45, 2.75) is 18.4 Å². The Bertz CT molecular complexity index is 499. The molecule has 0 aliphatic heterocycles. The van der Waals surface area contributed by atoms with Gasteiger partial charge in [0.15, 0.2) is 0 Å². The number of nitrogens with zero attached hydrogens (tertiary/aromatic N) is 2. The van der Waals surface area contributed by atoms with Crippen molar-refractivity contribution in [3.05, 3.63) is 23.4 Å². The highest BCUT2D eigenvalue weighted by Crippen LogP contribution is 2.44. The minimum Gasteiger partial charge on any atom is -0.493 e. The van der Waals surface area contributed by atoms with E-state index in [0.717, 1.165) is 6.07 Å². The summed E-state index contributed by atoms with van der Waals surface area (Å²) in [6.07, 6.45) is -3.48. The molecule has 0 saturated heterocycles. The molecule has 1 aromatic heterocycles. The topological polar surface area (TPSA) is 107 Å². The summed E-state index contributed by atoms with van der Waals surface area (Å²) in [5, 5.41) is 37.2. The summed E-state index contributed by atoms with van der Waals surface area (Å²) in [5.74, 6) is -2.26. The third kappa shape index (κ3) is 2.49. The largest absolute Gasteiger partial charge is 0.493 e. The molecule has 1 aromatic rings. The van der Waals surface area contributed by atoms with Crippen LogP contribution in [0.3, 0.4) is 0 Å². The minimum atomic E-state index is -2.05. The van der Waals surface area contributed by atoms with Gasteiger partial charge in [0.25, 0.3) is 6.08 Å². The Labute approximate surface area is 106 Å². The second-order valence-corrected chi connectivity index (χ2v) is 4.34. The van der Waals surface area contributed by atoms with Crippen LogP contribution in [0.2, 0.25) is 0 Å². The quantitative estimate of drug-likeness (QED) is 0.625. The van der Waals surface area contributed by atoms with Crippen LogP contribution in [-0.4, -0.2) is 43.1 Å². The van der Waals surface area contributed by atoms with Gasteiger partial charge in [-0.2, -0.15) is 18.7 Å². The van der Waals surface area contributed by atoms with E-state index in [2.05, 4.69) is 9.97 Å². The van der Waals surface area contributed by atoms with Crippen LogP contribution in [0.25, 0.3) is 0 Å². The second kappa shape index (κ2) is 5.06. The fourth-order valence-electron chi connectivity index (χ4n) is 2.33. The van der Waals surface area contributed by atoms with Gasteiger partial charge in [-0.1, -0.05) is 0 Å². The van der Waals surface area contributed by atoms with E-state index in [1.54, 1.807) is 0 Å². The van der Waals surface area contributed by atoms with Gasteiger partial charge < -0.3 is 20.4 Å². The first kappa shape index (κ1) is 13.6. The first-order valence-electron chi connectivity index (χ1n) is 5.55. The Balaban J connectivity index is 2.45. The molecule has 0 bridgehead atoms. The molecule has 0 aromatic carbocycles. The van der Waals surface area contributed by atoms with Gasteiger partial charge >= 0.3 is 6.01 Å². The molecule has 0 spiro atoms. The van der Waals surface area contributed by atoms with Crippen molar-refractivity contribution in [1.82, 2.24) is 9.97 Å². The predicted octanol–water partition coefficient (Wildman–Crippen LogP) is 0.495. The van der Waals surface area contributed by atoms with Crippen LogP contribution in [0.4, 0.5) is 8.78 Å². The monoisotopic (exact) mass is 274 g/mol. The fraction of sp³-hybridized carbons (Fsp3) is 0.455. The molecular weight excluding hydrogens is 262 g/mol. The summed E-state index contributed by atoms with van der Waals surface area (Å²) >= 11 is 0. The molecule has 1 aliphatic carbocycles. The number of hydrogen-bond acceptors (Lipinski definition) is 6. The average molecular weight is 274 g/mol. The highest BCUT2D eigenvalue weighted by molar-refractivity contribution is 5.34. The molecule has 1 fully saturated rings. The summed E-state index contributed by atoms with van der Waals surface area (Å²) < 4.78 is 25.8. The molecule has 8 heteroatoms. The Morgan fingerprint density at radius 1 is 1.32 bits per heavy atom. The van der Waals surface area contributed by atoms with E-state index >= 15 is 0 Å². The highest BCUT2D eigenvalue weighted by atomic mass is 19.3. The van der Waals surface area contributed by atoms with Gasteiger partial charge in [0, 0.05) is 30.1 Å². The van der Waals surface area contributed by atoms with Gasteiger partial charge in [0.1, 0.15) is 0 Å². The maximum atomic E-state index is 12.9. The fourth-order valence-corrected chi connectivity index (χ4v) is 2.33. The van der Waals surface area contributed by atoms with E-state index in [1.807, 2.05) is 0 Å². The highest BCUT2D eigenvalue weighted by Gasteiger charge is 2.42. The zero-order valence-corrected chi connectivity index (χ0v) is 9.66. The molecule has 2 rings (SSSR count). The van der Waals surface area contributed by atoms with Gasteiger partial charge in [0.05, 0.1) is 11.8 Å². The number of aromatic nitrogens is 2. The molecule has 0 unspecified atom stereocenters. The van der Waals surface area contributed by atoms with E-state index in [9.17, 15) is 24.1 Å². The lowest BCUT2D eigenvalue weighted by atomic mass is 9.98. The van der Waals surface area contributed by atoms with Crippen LogP contribution >= 0.6 is 0 Å². The summed E-state index contributed by atoms with van der Waals surface area (Å²) in [6.45, 7) is -0.447.